The molecule has 0 radical (unpaired) electrons. The minimum Gasteiger partial charge on any atom is -0.462 e. The average molecular weight is 469 g/mol. The number of rotatable bonds is 5. The Labute approximate surface area is 210 Å². The summed E-state index contributed by atoms with van der Waals surface area (Å²) in [7, 11) is 0. The van der Waals surface area contributed by atoms with Crippen molar-refractivity contribution in [3.63, 3.8) is 0 Å². The first-order chi connectivity index (χ1) is 15.8. The lowest BCUT2D eigenvalue weighted by Crippen LogP contribution is -2.61. The number of hydrogen-bond donors (Lipinski definition) is 0. The first kappa shape index (κ1) is 26.0. The number of carbonyl (C=O) groups is 1. The van der Waals surface area contributed by atoms with E-state index in [1.807, 2.05) is 0 Å². The smallest absolute Gasteiger partial charge is 0.302 e. The van der Waals surface area contributed by atoms with Crippen LogP contribution in [-0.4, -0.2) is 12.1 Å². The van der Waals surface area contributed by atoms with E-state index in [1.165, 1.54) is 56.1 Å². The van der Waals surface area contributed by atoms with Crippen molar-refractivity contribution >= 4 is 5.97 Å². The van der Waals surface area contributed by atoms with E-state index in [0.717, 1.165) is 31.1 Å². The third-order valence-electron chi connectivity index (χ3n) is 12.2. The Morgan fingerprint density at radius 2 is 1.56 bits per heavy atom. The van der Waals surface area contributed by atoms with Gasteiger partial charge < -0.3 is 4.74 Å². The number of esters is 1. The standard InChI is InChI=1S/C32H52O2/c1-21(2)11-10-12-22(3)24-15-19-32(9)26-13-14-27-29(5,6)28(34-23(4)33)17-18-30(27,7)25(26)16-20-31(24,32)8/h11,24-28H,3,10,12-20H2,1-2,4-9H3. The Bertz CT molecular complexity index is 847. The minimum atomic E-state index is -0.113. The summed E-state index contributed by atoms with van der Waals surface area (Å²) in [6, 6.07) is 0. The van der Waals surface area contributed by atoms with Crippen molar-refractivity contribution < 1.29 is 9.53 Å². The summed E-state index contributed by atoms with van der Waals surface area (Å²) < 4.78 is 5.88. The molecule has 8 unspecified atom stereocenters. The highest BCUT2D eigenvalue weighted by molar-refractivity contribution is 5.66. The Morgan fingerprint density at radius 1 is 0.882 bits per heavy atom. The first-order valence-corrected chi connectivity index (χ1v) is 14.3. The molecule has 2 heteroatoms. The fourth-order valence-electron chi connectivity index (χ4n) is 10.3. The van der Waals surface area contributed by atoms with Crippen molar-refractivity contribution in [2.24, 2.45) is 45.3 Å². The Hall–Kier alpha value is -1.05. The second-order valence-corrected chi connectivity index (χ2v) is 14.3. The van der Waals surface area contributed by atoms with Gasteiger partial charge in [0.2, 0.25) is 0 Å². The van der Waals surface area contributed by atoms with Gasteiger partial charge in [-0.05, 0) is 118 Å². The molecule has 4 aliphatic rings. The number of fused-ring (bicyclic) bond motifs is 5. The molecule has 4 fully saturated rings. The summed E-state index contributed by atoms with van der Waals surface area (Å²) in [5, 5.41) is 0. The lowest BCUT2D eigenvalue weighted by Gasteiger charge is -2.67. The molecular formula is C32H52O2. The summed E-state index contributed by atoms with van der Waals surface area (Å²) in [4.78, 5) is 11.8. The molecule has 0 aliphatic heterocycles. The van der Waals surface area contributed by atoms with Crippen LogP contribution in [0.1, 0.15) is 120 Å². The fraction of sp³-hybridized carbons (Fsp3) is 0.844. The van der Waals surface area contributed by atoms with Crippen LogP contribution in [0.2, 0.25) is 0 Å². The maximum atomic E-state index is 11.8. The molecule has 0 heterocycles. The molecule has 4 saturated carbocycles. The Kier molecular flexibility index (Phi) is 6.74. The molecule has 4 rings (SSSR count). The van der Waals surface area contributed by atoms with Crippen LogP contribution in [0.3, 0.4) is 0 Å². The summed E-state index contributed by atoms with van der Waals surface area (Å²) in [5.41, 5.74) is 4.18. The number of hydrogen-bond acceptors (Lipinski definition) is 2. The Balaban J connectivity index is 1.57. The fourth-order valence-corrected chi connectivity index (χ4v) is 10.3. The van der Waals surface area contributed by atoms with Gasteiger partial charge in [-0.3, -0.25) is 4.79 Å². The van der Waals surface area contributed by atoms with Crippen molar-refractivity contribution in [3.05, 3.63) is 23.8 Å². The van der Waals surface area contributed by atoms with Crippen LogP contribution in [0.5, 0.6) is 0 Å². The Morgan fingerprint density at radius 3 is 2.21 bits per heavy atom. The van der Waals surface area contributed by atoms with Gasteiger partial charge in [0.05, 0.1) is 0 Å². The van der Waals surface area contributed by atoms with Gasteiger partial charge in [-0.15, -0.1) is 0 Å². The minimum absolute atomic E-state index is 0.0583. The highest BCUT2D eigenvalue weighted by Gasteiger charge is 2.67. The van der Waals surface area contributed by atoms with E-state index in [-0.39, 0.29) is 17.5 Å². The van der Waals surface area contributed by atoms with E-state index in [9.17, 15) is 4.79 Å². The zero-order chi connectivity index (χ0) is 25.1. The van der Waals surface area contributed by atoms with Gasteiger partial charge in [0, 0.05) is 12.3 Å². The van der Waals surface area contributed by atoms with E-state index in [4.69, 9.17) is 4.74 Å². The van der Waals surface area contributed by atoms with Crippen LogP contribution in [0, 0.1) is 45.3 Å². The molecule has 34 heavy (non-hydrogen) atoms. The third kappa shape index (κ3) is 3.85. The molecule has 0 aromatic carbocycles. The van der Waals surface area contributed by atoms with Gasteiger partial charge in [0.1, 0.15) is 6.10 Å². The van der Waals surface area contributed by atoms with Gasteiger partial charge in [0.25, 0.3) is 0 Å². The molecule has 0 saturated heterocycles. The third-order valence-corrected chi connectivity index (χ3v) is 12.2. The van der Waals surface area contributed by atoms with Crippen LogP contribution in [0.4, 0.5) is 0 Å². The van der Waals surface area contributed by atoms with Crippen LogP contribution in [-0.2, 0) is 9.53 Å². The van der Waals surface area contributed by atoms with E-state index < -0.39 is 0 Å². The van der Waals surface area contributed by atoms with Crippen molar-refractivity contribution in [2.75, 3.05) is 0 Å². The number of allylic oxidation sites excluding steroid dienone is 3. The molecule has 0 aromatic heterocycles. The van der Waals surface area contributed by atoms with Gasteiger partial charge in [-0.2, -0.15) is 0 Å². The molecule has 0 aromatic rings. The summed E-state index contributed by atoms with van der Waals surface area (Å²) in [6.07, 6.45) is 15.1. The SMILES string of the molecule is C=C(CCC=C(C)C)C1CCC2(C)C3CCC4C(C)(C)C(OC(C)=O)CCC4(C)C3CCC12C. The van der Waals surface area contributed by atoms with E-state index >= 15 is 0 Å². The molecule has 2 nitrogen and oxygen atoms in total. The molecule has 0 N–H and O–H groups in total. The molecule has 8 atom stereocenters. The van der Waals surface area contributed by atoms with Gasteiger partial charge in [-0.1, -0.05) is 58.4 Å². The van der Waals surface area contributed by atoms with E-state index in [1.54, 1.807) is 6.92 Å². The van der Waals surface area contributed by atoms with E-state index in [2.05, 4.69) is 61.1 Å². The summed E-state index contributed by atoms with van der Waals surface area (Å²) in [6.45, 7) is 23.4. The van der Waals surface area contributed by atoms with Crippen LogP contribution < -0.4 is 0 Å². The average Bonchev–Trinajstić information content (AvgIpc) is 3.01. The molecule has 0 spiro atoms. The predicted octanol–water partition coefficient (Wildman–Crippen LogP) is 8.91. The highest BCUT2D eigenvalue weighted by atomic mass is 16.5. The highest BCUT2D eigenvalue weighted by Crippen LogP contribution is 2.74. The maximum absolute atomic E-state index is 11.8. The van der Waals surface area contributed by atoms with Crippen LogP contribution in [0.15, 0.2) is 23.8 Å². The van der Waals surface area contributed by atoms with Gasteiger partial charge in [0.15, 0.2) is 0 Å². The molecule has 4 aliphatic carbocycles. The number of carbonyl (C=O) groups excluding carboxylic acids is 1. The number of ether oxygens (including phenoxy) is 1. The zero-order valence-corrected chi connectivity index (χ0v) is 23.6. The van der Waals surface area contributed by atoms with Crippen molar-refractivity contribution in [2.45, 2.75) is 126 Å². The maximum Gasteiger partial charge on any atom is 0.302 e. The summed E-state index contributed by atoms with van der Waals surface area (Å²) in [5.74, 6) is 2.84. The van der Waals surface area contributed by atoms with Crippen molar-refractivity contribution in [1.29, 1.82) is 0 Å². The monoisotopic (exact) mass is 468 g/mol. The molecule has 0 amide bonds. The quantitative estimate of drug-likeness (QED) is 0.297. The molecule has 0 bridgehead atoms. The summed E-state index contributed by atoms with van der Waals surface area (Å²) >= 11 is 0. The van der Waals surface area contributed by atoms with Gasteiger partial charge in [-0.25, -0.2) is 0 Å². The predicted molar refractivity (Wildman–Crippen MR) is 142 cm³/mol. The first-order valence-electron chi connectivity index (χ1n) is 14.3. The van der Waals surface area contributed by atoms with Crippen LogP contribution in [0.25, 0.3) is 0 Å². The lowest BCUT2D eigenvalue weighted by atomic mass is 9.38. The van der Waals surface area contributed by atoms with Gasteiger partial charge >= 0.3 is 5.97 Å². The second kappa shape index (κ2) is 8.81. The topological polar surface area (TPSA) is 26.3 Å². The molecule has 192 valence electrons. The van der Waals surface area contributed by atoms with Crippen molar-refractivity contribution in [3.8, 4) is 0 Å². The zero-order valence-electron chi connectivity index (χ0n) is 23.6. The van der Waals surface area contributed by atoms with E-state index in [0.29, 0.717) is 28.1 Å². The largest absolute Gasteiger partial charge is 0.462 e. The van der Waals surface area contributed by atoms with Crippen LogP contribution >= 0.6 is 0 Å². The second-order valence-electron chi connectivity index (χ2n) is 14.3. The molecular weight excluding hydrogens is 416 g/mol. The van der Waals surface area contributed by atoms with Crippen molar-refractivity contribution in [1.82, 2.24) is 0 Å². The lowest BCUT2D eigenvalue weighted by molar-refractivity contribution is -0.207. The normalized spacial score (nSPS) is 44.9.